The Labute approximate surface area is 154 Å². The largest absolute Gasteiger partial charge is 0.395 e. The van der Waals surface area contributed by atoms with Gasteiger partial charge >= 0.3 is 0 Å². The first kappa shape index (κ1) is 18.1. The van der Waals surface area contributed by atoms with Crippen molar-refractivity contribution in [3.63, 3.8) is 0 Å². The molecule has 0 bridgehead atoms. The van der Waals surface area contributed by atoms with Crippen molar-refractivity contribution in [1.29, 1.82) is 0 Å². The van der Waals surface area contributed by atoms with Gasteiger partial charge in [0.05, 0.1) is 12.4 Å². The highest BCUT2D eigenvalue weighted by Crippen LogP contribution is 2.36. The van der Waals surface area contributed by atoms with Gasteiger partial charge in [0, 0.05) is 41.3 Å². The molecule has 1 saturated carbocycles. The van der Waals surface area contributed by atoms with Gasteiger partial charge < -0.3 is 15.7 Å². The summed E-state index contributed by atoms with van der Waals surface area (Å²) in [6, 6.07) is 2.12. The molecule has 134 valence electrons. The van der Waals surface area contributed by atoms with E-state index >= 15 is 0 Å². The van der Waals surface area contributed by atoms with Crippen LogP contribution < -0.4 is 10.6 Å². The van der Waals surface area contributed by atoms with E-state index in [9.17, 15) is 4.79 Å². The number of nitrogens with one attached hydrogen (secondary N) is 2. The SMILES string of the molecule is Cc1csc(SCC(=O)NC2CC(c3cc(NCCO)ncn3)C2)n1. The summed E-state index contributed by atoms with van der Waals surface area (Å²) in [5.74, 6) is 1.52. The van der Waals surface area contributed by atoms with Crippen LogP contribution in [-0.2, 0) is 4.79 Å². The summed E-state index contributed by atoms with van der Waals surface area (Å²) in [4.78, 5) is 24.8. The molecule has 1 fully saturated rings. The monoisotopic (exact) mass is 379 g/mol. The van der Waals surface area contributed by atoms with Crippen LogP contribution in [0.1, 0.15) is 30.1 Å². The minimum Gasteiger partial charge on any atom is -0.395 e. The Morgan fingerprint density at radius 1 is 1.44 bits per heavy atom. The van der Waals surface area contributed by atoms with Crippen LogP contribution in [-0.4, -0.2) is 50.9 Å². The van der Waals surface area contributed by atoms with E-state index in [-0.39, 0.29) is 18.6 Å². The fourth-order valence-corrected chi connectivity index (χ4v) is 4.31. The first-order valence-electron chi connectivity index (χ1n) is 8.15. The van der Waals surface area contributed by atoms with E-state index in [0.717, 1.165) is 34.4 Å². The summed E-state index contributed by atoms with van der Waals surface area (Å²) in [6.07, 6.45) is 3.32. The van der Waals surface area contributed by atoms with E-state index in [4.69, 9.17) is 5.11 Å². The molecule has 0 spiro atoms. The average molecular weight is 380 g/mol. The van der Waals surface area contributed by atoms with Crippen LogP contribution in [0.5, 0.6) is 0 Å². The Balaban J connectivity index is 1.41. The van der Waals surface area contributed by atoms with Crippen molar-refractivity contribution < 1.29 is 9.90 Å². The number of aryl methyl sites for hydroxylation is 1. The standard InChI is InChI=1S/C16H21N5O2S2/c1-10-7-24-16(20-10)25-8-15(23)21-12-4-11(5-12)13-6-14(17-2-3-22)19-9-18-13/h6-7,9,11-12,22H,2-5,8H2,1H3,(H,21,23)(H,17,18,19). The lowest BCUT2D eigenvalue weighted by molar-refractivity contribution is -0.119. The van der Waals surface area contributed by atoms with Crippen molar-refractivity contribution in [2.45, 2.75) is 36.1 Å². The van der Waals surface area contributed by atoms with Gasteiger partial charge in [0.1, 0.15) is 12.1 Å². The maximum atomic E-state index is 12.0. The summed E-state index contributed by atoms with van der Waals surface area (Å²) in [6.45, 7) is 2.48. The predicted molar refractivity (Wildman–Crippen MR) is 99.1 cm³/mol. The second-order valence-corrected chi connectivity index (χ2v) is 8.04. The van der Waals surface area contributed by atoms with E-state index in [0.29, 0.717) is 18.2 Å². The molecule has 7 nitrogen and oxygen atoms in total. The zero-order chi connectivity index (χ0) is 17.6. The third-order valence-corrected chi connectivity index (χ3v) is 6.09. The van der Waals surface area contributed by atoms with Gasteiger partial charge in [-0.25, -0.2) is 15.0 Å². The van der Waals surface area contributed by atoms with E-state index < -0.39 is 0 Å². The molecule has 3 N–H and O–H groups in total. The van der Waals surface area contributed by atoms with Gasteiger partial charge in [-0.3, -0.25) is 4.79 Å². The Kier molecular flexibility index (Phi) is 6.22. The van der Waals surface area contributed by atoms with Crippen LogP contribution in [0.3, 0.4) is 0 Å². The summed E-state index contributed by atoms with van der Waals surface area (Å²) >= 11 is 3.05. The average Bonchev–Trinajstić information content (AvgIpc) is 2.99. The second-order valence-electron chi connectivity index (χ2n) is 5.95. The van der Waals surface area contributed by atoms with Gasteiger partial charge in [0.25, 0.3) is 0 Å². The van der Waals surface area contributed by atoms with Crippen LogP contribution in [0.4, 0.5) is 5.82 Å². The minimum atomic E-state index is 0.0503. The molecule has 0 atom stereocenters. The highest BCUT2D eigenvalue weighted by Gasteiger charge is 2.32. The molecule has 3 rings (SSSR count). The number of thiazole rings is 1. The summed E-state index contributed by atoms with van der Waals surface area (Å²) in [5.41, 5.74) is 1.97. The number of aliphatic hydroxyl groups excluding tert-OH is 1. The summed E-state index contributed by atoms with van der Waals surface area (Å²) in [7, 11) is 0. The van der Waals surface area contributed by atoms with E-state index in [1.54, 1.807) is 11.3 Å². The lowest BCUT2D eigenvalue weighted by atomic mass is 9.78. The highest BCUT2D eigenvalue weighted by atomic mass is 32.2. The number of aliphatic hydroxyl groups is 1. The minimum absolute atomic E-state index is 0.0503. The van der Waals surface area contributed by atoms with Crippen molar-refractivity contribution in [1.82, 2.24) is 20.3 Å². The van der Waals surface area contributed by atoms with Crippen molar-refractivity contribution in [2.75, 3.05) is 24.2 Å². The molecule has 0 radical (unpaired) electrons. The molecule has 1 aliphatic rings. The van der Waals surface area contributed by atoms with Crippen molar-refractivity contribution >= 4 is 34.8 Å². The zero-order valence-electron chi connectivity index (χ0n) is 13.9. The maximum absolute atomic E-state index is 12.0. The normalized spacial score (nSPS) is 19.3. The molecule has 25 heavy (non-hydrogen) atoms. The van der Waals surface area contributed by atoms with Gasteiger partial charge in [-0.05, 0) is 19.8 Å². The fourth-order valence-electron chi connectivity index (χ4n) is 2.65. The van der Waals surface area contributed by atoms with E-state index in [1.165, 1.54) is 18.1 Å². The summed E-state index contributed by atoms with van der Waals surface area (Å²) in [5, 5.41) is 16.9. The Bertz CT molecular complexity index is 718. The van der Waals surface area contributed by atoms with Crippen LogP contribution >= 0.6 is 23.1 Å². The van der Waals surface area contributed by atoms with Gasteiger partial charge in [-0.1, -0.05) is 11.8 Å². The number of carbonyl (C=O) groups excluding carboxylic acids is 1. The maximum Gasteiger partial charge on any atom is 0.230 e. The number of rotatable bonds is 8. The van der Waals surface area contributed by atoms with Crippen molar-refractivity contribution in [2.24, 2.45) is 0 Å². The Hall–Kier alpha value is -1.71. The topological polar surface area (TPSA) is 100 Å². The fraction of sp³-hybridized carbons (Fsp3) is 0.500. The van der Waals surface area contributed by atoms with Gasteiger partial charge in [-0.2, -0.15) is 0 Å². The van der Waals surface area contributed by atoms with Crippen molar-refractivity contribution in [3.05, 3.63) is 29.2 Å². The molecule has 9 heteroatoms. The second kappa shape index (κ2) is 8.59. The lowest BCUT2D eigenvalue weighted by Gasteiger charge is -2.35. The third-order valence-electron chi connectivity index (χ3n) is 3.95. The molecule has 2 heterocycles. The molecule has 0 unspecified atom stereocenters. The number of aromatic nitrogens is 3. The van der Waals surface area contributed by atoms with Crippen LogP contribution in [0.2, 0.25) is 0 Å². The van der Waals surface area contributed by atoms with Gasteiger partial charge in [0.15, 0.2) is 4.34 Å². The molecule has 0 aliphatic heterocycles. The molecule has 2 aromatic rings. The molecular weight excluding hydrogens is 358 g/mol. The molecule has 2 aromatic heterocycles. The third kappa shape index (κ3) is 5.13. The van der Waals surface area contributed by atoms with Gasteiger partial charge in [-0.15, -0.1) is 11.3 Å². The molecule has 0 aromatic carbocycles. The Morgan fingerprint density at radius 2 is 2.28 bits per heavy atom. The quantitative estimate of drug-likeness (QED) is 0.601. The number of carbonyl (C=O) groups is 1. The van der Waals surface area contributed by atoms with Crippen LogP contribution in [0.25, 0.3) is 0 Å². The number of thioether (sulfide) groups is 1. The number of amides is 1. The molecular formula is C16H21N5O2S2. The number of hydrogen-bond acceptors (Lipinski definition) is 8. The van der Waals surface area contributed by atoms with E-state index in [2.05, 4.69) is 25.6 Å². The van der Waals surface area contributed by atoms with Crippen molar-refractivity contribution in [3.8, 4) is 0 Å². The van der Waals surface area contributed by atoms with E-state index in [1.807, 2.05) is 18.4 Å². The van der Waals surface area contributed by atoms with Crippen LogP contribution in [0.15, 0.2) is 22.1 Å². The zero-order valence-corrected chi connectivity index (χ0v) is 15.6. The molecule has 1 amide bonds. The predicted octanol–water partition coefficient (Wildman–Crippen LogP) is 1.80. The molecule has 0 saturated heterocycles. The van der Waals surface area contributed by atoms with Gasteiger partial charge in [0.2, 0.25) is 5.91 Å². The number of hydrogen-bond donors (Lipinski definition) is 3. The lowest BCUT2D eigenvalue weighted by Crippen LogP contribution is -2.44. The smallest absolute Gasteiger partial charge is 0.230 e. The first-order chi connectivity index (χ1) is 12.1. The first-order valence-corrected chi connectivity index (χ1v) is 10.0. The number of nitrogens with zero attached hydrogens (tertiary/aromatic N) is 3. The van der Waals surface area contributed by atoms with Crippen LogP contribution in [0, 0.1) is 6.92 Å². The Morgan fingerprint density at radius 3 is 3.00 bits per heavy atom. The highest BCUT2D eigenvalue weighted by molar-refractivity contribution is 8.01. The molecule has 1 aliphatic carbocycles. The number of anilines is 1. The summed E-state index contributed by atoms with van der Waals surface area (Å²) < 4.78 is 0.933.